The van der Waals surface area contributed by atoms with Gasteiger partial charge in [0.25, 0.3) is 0 Å². The lowest BCUT2D eigenvalue weighted by Gasteiger charge is -2.52. The van der Waals surface area contributed by atoms with E-state index in [1.807, 2.05) is 0 Å². The van der Waals surface area contributed by atoms with Gasteiger partial charge in [0.2, 0.25) is 0 Å². The monoisotopic (exact) mass is 243 g/mol. The van der Waals surface area contributed by atoms with Crippen molar-refractivity contribution >= 4 is 0 Å². The van der Waals surface area contributed by atoms with Crippen LogP contribution in [-0.2, 0) is 0 Å². The Labute approximate surface area is 111 Å². The zero-order valence-corrected chi connectivity index (χ0v) is 11.8. The van der Waals surface area contributed by atoms with Crippen molar-refractivity contribution in [1.82, 2.24) is 0 Å². The molecule has 6 unspecified atom stereocenters. The molecule has 0 radical (unpaired) electrons. The van der Waals surface area contributed by atoms with Crippen molar-refractivity contribution in [3.05, 3.63) is 12.2 Å². The van der Waals surface area contributed by atoms with Crippen LogP contribution in [0, 0.1) is 46.3 Å². The van der Waals surface area contributed by atoms with Crippen LogP contribution in [0.1, 0.15) is 52.4 Å². The predicted octanol–water partition coefficient (Wildman–Crippen LogP) is 4.55. The quantitative estimate of drug-likeness (QED) is 0.572. The van der Waals surface area contributed by atoms with Crippen LogP contribution in [-0.4, -0.2) is 0 Å². The van der Waals surface area contributed by atoms with Gasteiger partial charge in [-0.3, -0.25) is 0 Å². The molecule has 0 spiro atoms. The van der Waals surface area contributed by atoms with Gasteiger partial charge in [-0.15, -0.1) is 0 Å². The maximum absolute atomic E-state index is 9.40. The normalized spacial score (nSPS) is 51.4. The third-order valence-electron chi connectivity index (χ3n) is 6.73. The highest BCUT2D eigenvalue weighted by molar-refractivity contribution is 5.14. The Morgan fingerprint density at radius 1 is 1.22 bits per heavy atom. The van der Waals surface area contributed by atoms with Crippen molar-refractivity contribution < 1.29 is 0 Å². The molecule has 0 aromatic rings. The lowest BCUT2D eigenvalue weighted by atomic mass is 9.53. The number of rotatable bonds is 0. The standard InChI is InChI=1S/C17H25N/c1-11-4-6-15-14(12(11)2)8-9-17(3)13(10-18)5-7-16(15)17/h12-16H,1,4-9H2,2-3H3. The van der Waals surface area contributed by atoms with Crippen LogP contribution in [0.5, 0.6) is 0 Å². The van der Waals surface area contributed by atoms with E-state index < -0.39 is 0 Å². The third-order valence-corrected chi connectivity index (χ3v) is 6.73. The number of nitriles is 1. The minimum atomic E-state index is 0.323. The number of allylic oxidation sites excluding steroid dienone is 1. The second-order valence-corrected chi connectivity index (χ2v) is 7.22. The van der Waals surface area contributed by atoms with E-state index in [-0.39, 0.29) is 0 Å². The zero-order chi connectivity index (χ0) is 12.9. The lowest BCUT2D eigenvalue weighted by Crippen LogP contribution is -2.44. The highest BCUT2D eigenvalue weighted by Crippen LogP contribution is 2.62. The summed E-state index contributed by atoms with van der Waals surface area (Å²) in [6, 6.07) is 2.60. The Morgan fingerprint density at radius 2 is 2.00 bits per heavy atom. The Kier molecular flexibility index (Phi) is 2.81. The summed E-state index contributed by atoms with van der Waals surface area (Å²) in [7, 11) is 0. The van der Waals surface area contributed by atoms with Gasteiger partial charge in [-0.25, -0.2) is 0 Å². The highest BCUT2D eigenvalue weighted by atomic mass is 14.6. The SMILES string of the molecule is C=C1CCC2C(CCC3(C)C(C#N)CCC23)C1C. The average Bonchev–Trinajstić information content (AvgIpc) is 2.70. The van der Waals surface area contributed by atoms with Crippen LogP contribution in [0.3, 0.4) is 0 Å². The predicted molar refractivity (Wildman–Crippen MR) is 73.7 cm³/mol. The molecule has 1 heteroatoms. The van der Waals surface area contributed by atoms with Gasteiger partial charge in [-0.1, -0.05) is 26.0 Å². The maximum Gasteiger partial charge on any atom is 0.0661 e. The number of fused-ring (bicyclic) bond motifs is 3. The van der Waals surface area contributed by atoms with Crippen LogP contribution >= 0.6 is 0 Å². The van der Waals surface area contributed by atoms with E-state index in [2.05, 4.69) is 26.5 Å². The van der Waals surface area contributed by atoms with E-state index in [9.17, 15) is 5.26 Å². The van der Waals surface area contributed by atoms with E-state index in [0.717, 1.165) is 30.1 Å². The molecule has 98 valence electrons. The summed E-state index contributed by atoms with van der Waals surface area (Å²) < 4.78 is 0. The van der Waals surface area contributed by atoms with Crippen molar-refractivity contribution in [3.63, 3.8) is 0 Å². The van der Waals surface area contributed by atoms with Crippen molar-refractivity contribution in [2.75, 3.05) is 0 Å². The molecule has 0 aromatic carbocycles. The Bertz CT molecular complexity index is 404. The summed E-state index contributed by atoms with van der Waals surface area (Å²) in [5.74, 6) is 3.60. The van der Waals surface area contributed by atoms with Gasteiger partial charge in [0.15, 0.2) is 0 Å². The highest BCUT2D eigenvalue weighted by Gasteiger charge is 2.55. The van der Waals surface area contributed by atoms with Crippen molar-refractivity contribution in [2.24, 2.45) is 35.0 Å². The van der Waals surface area contributed by atoms with Gasteiger partial charge < -0.3 is 0 Å². The fourth-order valence-electron chi connectivity index (χ4n) is 5.45. The third kappa shape index (κ3) is 1.51. The molecule has 0 saturated heterocycles. The molecule has 0 amide bonds. The first-order valence-electron chi connectivity index (χ1n) is 7.65. The minimum Gasteiger partial charge on any atom is -0.198 e. The molecule has 0 aliphatic heterocycles. The number of hydrogen-bond donors (Lipinski definition) is 0. The maximum atomic E-state index is 9.40. The Morgan fingerprint density at radius 3 is 2.72 bits per heavy atom. The minimum absolute atomic E-state index is 0.323. The molecule has 0 heterocycles. The van der Waals surface area contributed by atoms with E-state index in [1.54, 1.807) is 0 Å². The van der Waals surface area contributed by atoms with Crippen molar-refractivity contribution in [3.8, 4) is 6.07 Å². The lowest BCUT2D eigenvalue weighted by molar-refractivity contribution is -0.00576. The Balaban J connectivity index is 1.88. The summed E-state index contributed by atoms with van der Waals surface area (Å²) in [5, 5.41) is 9.40. The molecule has 18 heavy (non-hydrogen) atoms. The fourth-order valence-corrected chi connectivity index (χ4v) is 5.45. The summed E-state index contributed by atoms with van der Waals surface area (Å²) in [4.78, 5) is 0. The zero-order valence-electron chi connectivity index (χ0n) is 11.8. The molecule has 3 fully saturated rings. The molecular formula is C17H25N. The fraction of sp³-hybridized carbons (Fsp3) is 0.824. The molecule has 3 aliphatic carbocycles. The first kappa shape index (κ1) is 12.3. The molecule has 6 atom stereocenters. The second kappa shape index (κ2) is 4.12. The smallest absolute Gasteiger partial charge is 0.0661 e. The summed E-state index contributed by atoms with van der Waals surface area (Å²) in [6.07, 6.45) is 7.62. The molecule has 3 aliphatic rings. The topological polar surface area (TPSA) is 23.8 Å². The average molecular weight is 243 g/mol. The van der Waals surface area contributed by atoms with Gasteiger partial charge in [-0.05, 0) is 67.6 Å². The second-order valence-electron chi connectivity index (χ2n) is 7.22. The molecule has 1 nitrogen and oxygen atoms in total. The van der Waals surface area contributed by atoms with E-state index in [1.165, 1.54) is 37.7 Å². The number of nitrogens with zero attached hydrogens (tertiary/aromatic N) is 1. The summed E-state index contributed by atoms with van der Waals surface area (Å²) in [6.45, 7) is 9.06. The molecule has 3 rings (SSSR count). The molecule has 0 bridgehead atoms. The van der Waals surface area contributed by atoms with Gasteiger partial charge in [0, 0.05) is 0 Å². The summed E-state index contributed by atoms with van der Waals surface area (Å²) >= 11 is 0. The molecular weight excluding hydrogens is 218 g/mol. The van der Waals surface area contributed by atoms with E-state index in [4.69, 9.17) is 0 Å². The first-order valence-corrected chi connectivity index (χ1v) is 7.65. The van der Waals surface area contributed by atoms with Crippen LogP contribution in [0.25, 0.3) is 0 Å². The molecule has 0 N–H and O–H groups in total. The van der Waals surface area contributed by atoms with E-state index >= 15 is 0 Å². The van der Waals surface area contributed by atoms with Crippen LogP contribution < -0.4 is 0 Å². The first-order chi connectivity index (χ1) is 8.58. The molecule has 3 saturated carbocycles. The number of hydrogen-bond acceptors (Lipinski definition) is 1. The largest absolute Gasteiger partial charge is 0.198 e. The van der Waals surface area contributed by atoms with Crippen LogP contribution in [0.15, 0.2) is 12.2 Å². The molecule has 0 aromatic heterocycles. The Hall–Kier alpha value is -0.770. The van der Waals surface area contributed by atoms with E-state index in [0.29, 0.717) is 11.3 Å². The van der Waals surface area contributed by atoms with Gasteiger partial charge in [0.1, 0.15) is 0 Å². The van der Waals surface area contributed by atoms with Gasteiger partial charge in [0.05, 0.1) is 12.0 Å². The summed E-state index contributed by atoms with van der Waals surface area (Å²) in [5.41, 5.74) is 1.81. The van der Waals surface area contributed by atoms with Crippen molar-refractivity contribution in [2.45, 2.75) is 52.4 Å². The van der Waals surface area contributed by atoms with Crippen molar-refractivity contribution in [1.29, 1.82) is 5.26 Å². The van der Waals surface area contributed by atoms with Gasteiger partial charge >= 0.3 is 0 Å². The van der Waals surface area contributed by atoms with Crippen LogP contribution in [0.2, 0.25) is 0 Å². The van der Waals surface area contributed by atoms with Crippen LogP contribution in [0.4, 0.5) is 0 Å². The van der Waals surface area contributed by atoms with Gasteiger partial charge in [-0.2, -0.15) is 5.26 Å².